The molecule has 1 atom stereocenters. The molecular weight excluding hydrogens is 368 g/mol. The number of amides is 1. The Balaban J connectivity index is 1.59. The number of likely N-dealkylation sites (N-methyl/N-ethyl adjacent to an activating group) is 1. The second-order valence-corrected chi connectivity index (χ2v) is 6.91. The molecule has 0 aliphatic rings. The summed E-state index contributed by atoms with van der Waals surface area (Å²) < 4.78 is 6.88. The van der Waals surface area contributed by atoms with E-state index in [0.717, 1.165) is 17.0 Å². The summed E-state index contributed by atoms with van der Waals surface area (Å²) in [4.78, 5) is 30.5. The fourth-order valence-corrected chi connectivity index (χ4v) is 2.98. The molecule has 1 amide bonds. The smallest absolute Gasteiger partial charge is 0.340 e. The Bertz CT molecular complexity index is 997. The molecule has 0 aliphatic carbocycles. The van der Waals surface area contributed by atoms with Crippen molar-refractivity contribution in [2.75, 3.05) is 13.7 Å². The summed E-state index contributed by atoms with van der Waals surface area (Å²) in [6.07, 6.45) is 1.43. The lowest BCUT2D eigenvalue weighted by Crippen LogP contribution is -2.33. The van der Waals surface area contributed by atoms with Gasteiger partial charge < -0.3 is 9.64 Å². The van der Waals surface area contributed by atoms with Gasteiger partial charge in [0.2, 0.25) is 0 Å². The fourth-order valence-electron chi connectivity index (χ4n) is 2.98. The minimum absolute atomic E-state index is 0.121. The Labute approximate surface area is 169 Å². The van der Waals surface area contributed by atoms with Crippen LogP contribution in [0.25, 0.3) is 5.82 Å². The number of ether oxygens (including phenoxy) is 1. The van der Waals surface area contributed by atoms with E-state index in [2.05, 4.69) is 10.1 Å². The molecule has 0 aliphatic heterocycles. The first-order chi connectivity index (χ1) is 13.9. The monoisotopic (exact) mass is 392 g/mol. The highest BCUT2D eigenvalue weighted by atomic mass is 16.5. The van der Waals surface area contributed by atoms with Gasteiger partial charge in [-0.25, -0.2) is 14.5 Å². The number of pyridine rings is 1. The Morgan fingerprint density at radius 2 is 1.86 bits per heavy atom. The first kappa shape index (κ1) is 20.3. The van der Waals surface area contributed by atoms with Gasteiger partial charge in [-0.05, 0) is 44.5 Å². The SMILES string of the molecule is Cc1cc(C)n(-c2ccc(C(=O)OCC(=O)N(C)C(C)c3ccccc3)cn2)n1. The normalized spacial score (nSPS) is 11.7. The Hall–Kier alpha value is -3.48. The van der Waals surface area contributed by atoms with Gasteiger partial charge in [-0.1, -0.05) is 30.3 Å². The van der Waals surface area contributed by atoms with Crippen molar-refractivity contribution in [1.29, 1.82) is 0 Å². The molecule has 29 heavy (non-hydrogen) atoms. The van der Waals surface area contributed by atoms with Crippen molar-refractivity contribution in [3.63, 3.8) is 0 Å². The fraction of sp³-hybridized carbons (Fsp3) is 0.273. The largest absolute Gasteiger partial charge is 0.452 e. The Kier molecular flexibility index (Phi) is 6.07. The van der Waals surface area contributed by atoms with Crippen LogP contribution in [0.15, 0.2) is 54.7 Å². The molecule has 150 valence electrons. The lowest BCUT2D eigenvalue weighted by Gasteiger charge is -2.25. The van der Waals surface area contributed by atoms with E-state index in [4.69, 9.17) is 4.74 Å². The number of hydrogen-bond acceptors (Lipinski definition) is 5. The summed E-state index contributed by atoms with van der Waals surface area (Å²) in [6, 6.07) is 14.8. The molecule has 3 aromatic rings. The zero-order chi connectivity index (χ0) is 21.0. The summed E-state index contributed by atoms with van der Waals surface area (Å²) in [5, 5.41) is 4.36. The summed E-state index contributed by atoms with van der Waals surface area (Å²) in [5.41, 5.74) is 3.13. The highest BCUT2D eigenvalue weighted by Gasteiger charge is 2.19. The third-order valence-corrected chi connectivity index (χ3v) is 4.79. The molecular formula is C22H24N4O3. The standard InChI is InChI=1S/C22H24N4O3/c1-15-12-16(2)26(24-15)20-11-10-19(13-23-20)22(28)29-14-21(27)25(4)17(3)18-8-6-5-7-9-18/h5-13,17H,14H2,1-4H3. The number of esters is 1. The van der Waals surface area contributed by atoms with E-state index >= 15 is 0 Å². The second-order valence-electron chi connectivity index (χ2n) is 6.91. The van der Waals surface area contributed by atoms with E-state index in [1.54, 1.807) is 28.8 Å². The van der Waals surface area contributed by atoms with Gasteiger partial charge in [-0.2, -0.15) is 5.10 Å². The Morgan fingerprint density at radius 1 is 1.14 bits per heavy atom. The summed E-state index contributed by atoms with van der Waals surface area (Å²) in [6.45, 7) is 5.44. The number of hydrogen-bond donors (Lipinski definition) is 0. The molecule has 7 heteroatoms. The van der Waals surface area contributed by atoms with Crippen molar-refractivity contribution in [2.24, 2.45) is 0 Å². The number of aryl methyl sites for hydroxylation is 2. The van der Waals surface area contributed by atoms with Crippen LogP contribution in [0.5, 0.6) is 0 Å². The third kappa shape index (κ3) is 4.68. The van der Waals surface area contributed by atoms with E-state index in [1.165, 1.54) is 6.20 Å². The topological polar surface area (TPSA) is 77.3 Å². The molecule has 0 saturated heterocycles. The van der Waals surface area contributed by atoms with E-state index in [9.17, 15) is 9.59 Å². The van der Waals surface area contributed by atoms with E-state index in [1.807, 2.05) is 57.2 Å². The molecule has 1 aromatic carbocycles. The van der Waals surface area contributed by atoms with Crippen LogP contribution >= 0.6 is 0 Å². The predicted molar refractivity (Wildman–Crippen MR) is 109 cm³/mol. The first-order valence-corrected chi connectivity index (χ1v) is 9.34. The number of rotatable bonds is 6. The van der Waals surface area contributed by atoms with Gasteiger partial charge in [0.15, 0.2) is 12.4 Å². The molecule has 0 spiro atoms. The maximum absolute atomic E-state index is 12.4. The first-order valence-electron chi connectivity index (χ1n) is 9.34. The lowest BCUT2D eigenvalue weighted by molar-refractivity contribution is -0.135. The van der Waals surface area contributed by atoms with Crippen LogP contribution in [-0.4, -0.2) is 45.2 Å². The van der Waals surface area contributed by atoms with Crippen molar-refractivity contribution >= 4 is 11.9 Å². The summed E-state index contributed by atoms with van der Waals surface area (Å²) in [7, 11) is 1.69. The van der Waals surface area contributed by atoms with Crippen LogP contribution in [0.2, 0.25) is 0 Å². The number of nitrogens with zero attached hydrogens (tertiary/aromatic N) is 4. The Morgan fingerprint density at radius 3 is 2.45 bits per heavy atom. The third-order valence-electron chi connectivity index (χ3n) is 4.79. The van der Waals surface area contributed by atoms with Gasteiger partial charge in [0, 0.05) is 18.9 Å². The molecule has 1 unspecified atom stereocenters. The predicted octanol–water partition coefficient (Wildman–Crippen LogP) is 3.26. The van der Waals surface area contributed by atoms with Crippen molar-refractivity contribution in [3.8, 4) is 5.82 Å². The minimum Gasteiger partial charge on any atom is -0.452 e. The van der Waals surface area contributed by atoms with Gasteiger partial charge in [-0.15, -0.1) is 0 Å². The summed E-state index contributed by atoms with van der Waals surface area (Å²) in [5.74, 6) is -0.256. The maximum Gasteiger partial charge on any atom is 0.340 e. The maximum atomic E-state index is 12.4. The van der Waals surface area contributed by atoms with Crippen LogP contribution in [0.3, 0.4) is 0 Å². The number of benzene rings is 1. The van der Waals surface area contributed by atoms with Crippen LogP contribution in [0.1, 0.15) is 40.3 Å². The van der Waals surface area contributed by atoms with Crippen LogP contribution < -0.4 is 0 Å². The number of carbonyl (C=O) groups excluding carboxylic acids is 2. The zero-order valence-electron chi connectivity index (χ0n) is 17.0. The van der Waals surface area contributed by atoms with Crippen molar-refractivity contribution in [3.05, 3.63) is 77.2 Å². The molecule has 2 heterocycles. The molecule has 0 radical (unpaired) electrons. The van der Waals surface area contributed by atoms with Crippen molar-refractivity contribution in [1.82, 2.24) is 19.7 Å². The van der Waals surface area contributed by atoms with E-state index < -0.39 is 5.97 Å². The van der Waals surface area contributed by atoms with E-state index in [0.29, 0.717) is 5.82 Å². The molecule has 3 rings (SSSR count). The number of aromatic nitrogens is 3. The zero-order valence-corrected chi connectivity index (χ0v) is 17.0. The molecule has 0 N–H and O–H groups in total. The molecule has 0 bridgehead atoms. The van der Waals surface area contributed by atoms with Gasteiger partial charge in [0.1, 0.15) is 0 Å². The van der Waals surface area contributed by atoms with Crippen LogP contribution in [-0.2, 0) is 9.53 Å². The molecule has 0 saturated carbocycles. The molecule has 2 aromatic heterocycles. The van der Waals surface area contributed by atoms with Gasteiger partial charge >= 0.3 is 5.97 Å². The van der Waals surface area contributed by atoms with Crippen LogP contribution in [0.4, 0.5) is 0 Å². The van der Waals surface area contributed by atoms with Crippen molar-refractivity contribution < 1.29 is 14.3 Å². The summed E-state index contributed by atoms with van der Waals surface area (Å²) >= 11 is 0. The average Bonchev–Trinajstić information content (AvgIpc) is 3.09. The van der Waals surface area contributed by atoms with Gasteiger partial charge in [-0.3, -0.25) is 4.79 Å². The molecule has 0 fully saturated rings. The average molecular weight is 392 g/mol. The van der Waals surface area contributed by atoms with Gasteiger partial charge in [0.05, 0.1) is 17.3 Å². The number of carbonyl (C=O) groups is 2. The quantitative estimate of drug-likeness (QED) is 0.602. The highest BCUT2D eigenvalue weighted by molar-refractivity contribution is 5.91. The molecule has 7 nitrogen and oxygen atoms in total. The lowest BCUT2D eigenvalue weighted by atomic mass is 10.1. The van der Waals surface area contributed by atoms with Crippen LogP contribution in [0, 0.1) is 13.8 Å². The van der Waals surface area contributed by atoms with Crippen molar-refractivity contribution in [2.45, 2.75) is 26.8 Å². The minimum atomic E-state index is -0.591. The second kappa shape index (κ2) is 8.68. The van der Waals surface area contributed by atoms with E-state index in [-0.39, 0.29) is 24.1 Å². The highest BCUT2D eigenvalue weighted by Crippen LogP contribution is 2.18. The van der Waals surface area contributed by atoms with Gasteiger partial charge in [0.25, 0.3) is 5.91 Å².